The molecule has 0 atom stereocenters. The van der Waals surface area contributed by atoms with Crippen molar-refractivity contribution in [1.29, 1.82) is 0 Å². The van der Waals surface area contributed by atoms with Gasteiger partial charge in [0.05, 0.1) is 18.4 Å². The number of nitrogen functional groups attached to an aromatic ring is 1. The highest BCUT2D eigenvalue weighted by molar-refractivity contribution is 6.00. The normalized spacial score (nSPS) is 14.0. The maximum absolute atomic E-state index is 12.0. The summed E-state index contributed by atoms with van der Waals surface area (Å²) in [6, 6.07) is 0. The summed E-state index contributed by atoms with van der Waals surface area (Å²) < 4.78 is 16.0. The van der Waals surface area contributed by atoms with E-state index in [2.05, 4.69) is 0 Å². The number of allylic oxidation sites excluding steroid dienone is 2. The first-order chi connectivity index (χ1) is 12.5. The molecule has 1 aromatic carbocycles. The summed E-state index contributed by atoms with van der Waals surface area (Å²) in [5.41, 5.74) is 10.1. The van der Waals surface area contributed by atoms with Crippen molar-refractivity contribution >= 4 is 17.6 Å². The van der Waals surface area contributed by atoms with Gasteiger partial charge in [0.15, 0.2) is 0 Å². The monoisotopic (exact) mass is 375 g/mol. The Morgan fingerprint density at radius 2 is 1.96 bits per heavy atom. The van der Waals surface area contributed by atoms with Gasteiger partial charge in [0.2, 0.25) is 0 Å². The fourth-order valence-corrected chi connectivity index (χ4v) is 3.16. The zero-order valence-corrected chi connectivity index (χ0v) is 17.0. The van der Waals surface area contributed by atoms with Crippen molar-refractivity contribution < 1.29 is 23.8 Å². The Labute approximate surface area is 160 Å². The van der Waals surface area contributed by atoms with Gasteiger partial charge >= 0.3 is 11.9 Å². The number of anilines is 1. The van der Waals surface area contributed by atoms with Gasteiger partial charge in [0, 0.05) is 17.5 Å². The summed E-state index contributed by atoms with van der Waals surface area (Å²) in [4.78, 5) is 23.9. The number of esters is 2. The van der Waals surface area contributed by atoms with E-state index in [-0.39, 0.29) is 18.5 Å². The van der Waals surface area contributed by atoms with Gasteiger partial charge in [-0.3, -0.25) is 4.79 Å². The van der Waals surface area contributed by atoms with Gasteiger partial charge in [0.25, 0.3) is 0 Å². The average molecular weight is 375 g/mol. The molecule has 1 aliphatic heterocycles. The van der Waals surface area contributed by atoms with Crippen LogP contribution >= 0.6 is 0 Å². The van der Waals surface area contributed by atoms with Crippen molar-refractivity contribution in [2.24, 2.45) is 0 Å². The Morgan fingerprint density at radius 1 is 1.30 bits per heavy atom. The molecule has 0 fully saturated rings. The predicted molar refractivity (Wildman–Crippen MR) is 104 cm³/mol. The first kappa shape index (κ1) is 20.8. The summed E-state index contributed by atoms with van der Waals surface area (Å²) in [5.74, 6) is 0.0735. The molecule has 0 saturated carbocycles. The highest BCUT2D eigenvalue weighted by atomic mass is 16.6. The maximum atomic E-state index is 12.0. The van der Waals surface area contributed by atoms with E-state index in [0.717, 1.165) is 22.3 Å². The van der Waals surface area contributed by atoms with Crippen LogP contribution in [-0.2, 0) is 27.3 Å². The number of rotatable bonds is 6. The number of carbonyl (C=O) groups is 2. The first-order valence-corrected chi connectivity index (χ1v) is 9.07. The van der Waals surface area contributed by atoms with Crippen LogP contribution < -0.4 is 10.5 Å². The van der Waals surface area contributed by atoms with Crippen LogP contribution in [0.1, 0.15) is 67.6 Å². The molecular weight excluding hydrogens is 346 g/mol. The highest BCUT2D eigenvalue weighted by Crippen LogP contribution is 2.39. The fraction of sp³-hybridized carbons (Fsp3) is 0.524. The molecule has 0 aliphatic carbocycles. The lowest BCUT2D eigenvalue weighted by Crippen LogP contribution is -2.23. The smallest absolute Gasteiger partial charge is 0.341 e. The minimum absolute atomic E-state index is 0.219. The van der Waals surface area contributed by atoms with Gasteiger partial charge in [-0.2, -0.15) is 0 Å². The van der Waals surface area contributed by atoms with E-state index in [4.69, 9.17) is 19.9 Å². The molecule has 2 rings (SSSR count). The van der Waals surface area contributed by atoms with Crippen molar-refractivity contribution in [3.63, 3.8) is 0 Å². The fourth-order valence-electron chi connectivity index (χ4n) is 3.16. The van der Waals surface area contributed by atoms with E-state index >= 15 is 0 Å². The van der Waals surface area contributed by atoms with Gasteiger partial charge in [0.1, 0.15) is 18.0 Å². The van der Waals surface area contributed by atoms with E-state index in [1.54, 1.807) is 7.11 Å². The standard InChI is InChI=1S/C21H29NO5/c1-12(8-10-16(23)27-21(3,4)5)7-9-14-18(22)17-15(11-26-20(17)24)13(2)19(14)25-6/h7H,8-11,22H2,1-6H3. The summed E-state index contributed by atoms with van der Waals surface area (Å²) in [5, 5.41) is 0. The molecule has 0 spiro atoms. The number of hydrogen-bond acceptors (Lipinski definition) is 6. The second-order valence-corrected chi connectivity index (χ2v) is 7.82. The van der Waals surface area contributed by atoms with Crippen LogP contribution in [0.2, 0.25) is 0 Å². The molecule has 0 aromatic heterocycles. The molecule has 0 radical (unpaired) electrons. The Hall–Kier alpha value is -2.50. The lowest BCUT2D eigenvalue weighted by Gasteiger charge is -2.19. The molecule has 1 aromatic rings. The molecule has 0 amide bonds. The van der Waals surface area contributed by atoms with E-state index in [0.29, 0.717) is 36.3 Å². The molecule has 148 valence electrons. The molecule has 0 bridgehead atoms. The molecule has 2 N–H and O–H groups in total. The Bertz CT molecular complexity index is 787. The zero-order valence-electron chi connectivity index (χ0n) is 17.0. The predicted octanol–water partition coefficient (Wildman–Crippen LogP) is 3.87. The van der Waals surface area contributed by atoms with Crippen LogP contribution in [0.3, 0.4) is 0 Å². The molecule has 1 aliphatic rings. The summed E-state index contributed by atoms with van der Waals surface area (Å²) in [6.45, 7) is 9.65. The Morgan fingerprint density at radius 3 is 2.56 bits per heavy atom. The number of hydrogen-bond donors (Lipinski definition) is 1. The number of benzene rings is 1. The van der Waals surface area contributed by atoms with Crippen molar-refractivity contribution in [3.8, 4) is 5.75 Å². The second-order valence-electron chi connectivity index (χ2n) is 7.82. The average Bonchev–Trinajstić information content (AvgIpc) is 2.95. The zero-order chi connectivity index (χ0) is 20.4. The van der Waals surface area contributed by atoms with Gasteiger partial charge in [-0.15, -0.1) is 0 Å². The van der Waals surface area contributed by atoms with Gasteiger partial charge in [-0.25, -0.2) is 4.79 Å². The minimum Gasteiger partial charge on any atom is -0.496 e. The van der Waals surface area contributed by atoms with Crippen LogP contribution in [0, 0.1) is 6.92 Å². The summed E-state index contributed by atoms with van der Waals surface area (Å²) in [7, 11) is 1.59. The Balaban J connectivity index is 2.16. The van der Waals surface area contributed by atoms with Crippen LogP contribution in [0.15, 0.2) is 11.6 Å². The third-order valence-electron chi connectivity index (χ3n) is 4.52. The molecule has 27 heavy (non-hydrogen) atoms. The maximum Gasteiger partial charge on any atom is 0.341 e. The molecule has 0 unspecified atom stereocenters. The van der Waals surface area contributed by atoms with Crippen molar-refractivity contribution in [2.75, 3.05) is 12.8 Å². The van der Waals surface area contributed by atoms with Crippen molar-refractivity contribution in [2.45, 2.75) is 66.1 Å². The SMILES string of the molecule is COc1c(C)c2c(c(N)c1CC=C(C)CCC(=O)OC(C)(C)C)C(=O)OC2. The van der Waals surface area contributed by atoms with E-state index < -0.39 is 5.60 Å². The van der Waals surface area contributed by atoms with Crippen LogP contribution in [0.25, 0.3) is 0 Å². The molecule has 0 saturated heterocycles. The van der Waals surface area contributed by atoms with E-state index in [1.807, 2.05) is 40.7 Å². The molecule has 6 nitrogen and oxygen atoms in total. The van der Waals surface area contributed by atoms with Crippen LogP contribution in [0.5, 0.6) is 5.75 Å². The Kier molecular flexibility index (Phi) is 6.19. The van der Waals surface area contributed by atoms with Gasteiger partial charge in [-0.05, 0) is 53.0 Å². The van der Waals surface area contributed by atoms with Gasteiger partial charge in [-0.1, -0.05) is 11.6 Å². The van der Waals surface area contributed by atoms with Crippen LogP contribution in [-0.4, -0.2) is 24.6 Å². The number of methoxy groups -OCH3 is 1. The second kappa shape index (κ2) is 8.03. The lowest BCUT2D eigenvalue weighted by atomic mass is 9.94. The minimum atomic E-state index is -0.479. The highest BCUT2D eigenvalue weighted by Gasteiger charge is 2.30. The molecule has 6 heteroatoms. The van der Waals surface area contributed by atoms with E-state index in [1.165, 1.54) is 0 Å². The first-order valence-electron chi connectivity index (χ1n) is 9.07. The largest absolute Gasteiger partial charge is 0.496 e. The quantitative estimate of drug-likeness (QED) is 0.461. The summed E-state index contributed by atoms with van der Waals surface area (Å²) in [6.07, 6.45) is 3.44. The summed E-state index contributed by atoms with van der Waals surface area (Å²) >= 11 is 0. The third-order valence-corrected chi connectivity index (χ3v) is 4.52. The number of fused-ring (bicyclic) bond motifs is 1. The topological polar surface area (TPSA) is 87.9 Å². The number of ether oxygens (including phenoxy) is 3. The molecule has 1 heterocycles. The third kappa shape index (κ3) is 4.81. The molecular formula is C21H29NO5. The number of carbonyl (C=O) groups excluding carboxylic acids is 2. The van der Waals surface area contributed by atoms with Crippen molar-refractivity contribution in [1.82, 2.24) is 0 Å². The van der Waals surface area contributed by atoms with Gasteiger partial charge < -0.3 is 19.9 Å². The lowest BCUT2D eigenvalue weighted by molar-refractivity contribution is -0.154. The van der Waals surface area contributed by atoms with Crippen molar-refractivity contribution in [3.05, 3.63) is 33.9 Å². The van der Waals surface area contributed by atoms with E-state index in [9.17, 15) is 9.59 Å². The number of cyclic esters (lactones) is 1. The van der Waals surface area contributed by atoms with Crippen LogP contribution in [0.4, 0.5) is 5.69 Å². The number of nitrogens with two attached hydrogens (primary N) is 1.